The van der Waals surface area contributed by atoms with Crippen molar-refractivity contribution >= 4 is 23.4 Å². The molecule has 0 aromatic heterocycles. The van der Waals surface area contributed by atoms with E-state index in [4.69, 9.17) is 23.4 Å². The van der Waals surface area contributed by atoms with E-state index in [0.29, 0.717) is 5.16 Å². The van der Waals surface area contributed by atoms with E-state index in [2.05, 4.69) is 16.7 Å². The zero-order chi connectivity index (χ0) is 6.41. The minimum atomic E-state index is 0.398. The molecule has 0 saturated carbocycles. The van der Waals surface area contributed by atoms with Gasteiger partial charge in [0.1, 0.15) is 5.16 Å². The second kappa shape index (κ2) is 4.81. The zero-order valence-corrected chi connectivity index (χ0v) is 5.63. The highest BCUT2D eigenvalue weighted by Gasteiger charge is 1.80. The van der Waals surface area contributed by atoms with Gasteiger partial charge in [0.15, 0.2) is 0 Å². The molecule has 0 aromatic rings. The molecule has 0 aliphatic carbocycles. The molecule has 0 heterocycles. The number of hydrogen-bond acceptors (Lipinski definition) is 2. The van der Waals surface area contributed by atoms with Crippen LogP contribution in [0, 0.1) is 0 Å². The summed E-state index contributed by atoms with van der Waals surface area (Å²) < 4.78 is 0. The van der Waals surface area contributed by atoms with Gasteiger partial charge >= 0.3 is 0 Å². The Bertz CT molecular complexity index is 100. The standard InChI is InChI=1S/C4H6Cl2N2/c1-2-7-4(5)3-8-6/h2-3,7-8H,1H2/b4-3-. The Morgan fingerprint density at radius 1 is 1.62 bits per heavy atom. The van der Waals surface area contributed by atoms with E-state index in [1.165, 1.54) is 12.4 Å². The molecule has 46 valence electrons. The van der Waals surface area contributed by atoms with Crippen LogP contribution in [0.3, 0.4) is 0 Å². The molecule has 0 spiro atoms. The molecular weight excluding hydrogens is 147 g/mol. The summed E-state index contributed by atoms with van der Waals surface area (Å²) in [5, 5.41) is 2.99. The maximum Gasteiger partial charge on any atom is 0.123 e. The van der Waals surface area contributed by atoms with Crippen molar-refractivity contribution < 1.29 is 0 Å². The molecule has 2 nitrogen and oxygen atoms in total. The van der Waals surface area contributed by atoms with E-state index in [1.54, 1.807) is 0 Å². The molecule has 0 aliphatic heterocycles. The van der Waals surface area contributed by atoms with Gasteiger partial charge in [0.25, 0.3) is 0 Å². The summed E-state index contributed by atoms with van der Waals surface area (Å²) >= 11 is 10.5. The Morgan fingerprint density at radius 3 is 2.62 bits per heavy atom. The van der Waals surface area contributed by atoms with Crippen LogP contribution in [0.2, 0.25) is 0 Å². The van der Waals surface area contributed by atoms with Gasteiger partial charge in [0.2, 0.25) is 0 Å². The van der Waals surface area contributed by atoms with Crippen molar-refractivity contribution in [2.45, 2.75) is 0 Å². The Hall–Kier alpha value is -0.340. The molecular formula is C4H6Cl2N2. The molecule has 0 rings (SSSR count). The van der Waals surface area contributed by atoms with E-state index < -0.39 is 0 Å². The van der Waals surface area contributed by atoms with Crippen LogP contribution in [0.15, 0.2) is 24.1 Å². The van der Waals surface area contributed by atoms with Gasteiger partial charge in [-0.3, -0.25) is 0 Å². The molecule has 2 N–H and O–H groups in total. The van der Waals surface area contributed by atoms with Crippen LogP contribution >= 0.6 is 23.4 Å². The normalized spacial score (nSPS) is 10.5. The number of halogens is 2. The highest BCUT2D eigenvalue weighted by molar-refractivity contribution is 6.29. The lowest BCUT2D eigenvalue weighted by molar-refractivity contribution is 1.14. The Kier molecular flexibility index (Phi) is 4.61. The number of nitrogens with one attached hydrogen (secondary N) is 2. The smallest absolute Gasteiger partial charge is 0.123 e. The van der Waals surface area contributed by atoms with Crippen molar-refractivity contribution in [2.75, 3.05) is 0 Å². The minimum Gasteiger partial charge on any atom is -0.352 e. The largest absolute Gasteiger partial charge is 0.352 e. The molecule has 4 heteroatoms. The predicted octanol–water partition coefficient (Wildman–Crippen LogP) is 1.50. The summed E-state index contributed by atoms with van der Waals surface area (Å²) in [6.45, 7) is 3.38. The van der Waals surface area contributed by atoms with Crippen LogP contribution in [0.5, 0.6) is 0 Å². The average molecular weight is 153 g/mol. The van der Waals surface area contributed by atoms with Crippen LogP contribution in [-0.4, -0.2) is 0 Å². The second-order valence-electron chi connectivity index (χ2n) is 0.950. The van der Waals surface area contributed by atoms with Gasteiger partial charge in [-0.1, -0.05) is 18.2 Å². The average Bonchev–Trinajstić information content (AvgIpc) is 1.68. The number of hydrogen-bond donors (Lipinski definition) is 2. The van der Waals surface area contributed by atoms with Gasteiger partial charge in [-0.15, -0.1) is 0 Å². The van der Waals surface area contributed by atoms with Crippen molar-refractivity contribution in [2.24, 2.45) is 0 Å². The van der Waals surface area contributed by atoms with E-state index >= 15 is 0 Å². The first kappa shape index (κ1) is 7.66. The molecule has 0 saturated heterocycles. The van der Waals surface area contributed by atoms with Crippen molar-refractivity contribution in [3.05, 3.63) is 24.1 Å². The molecule has 0 unspecified atom stereocenters. The van der Waals surface area contributed by atoms with Crippen LogP contribution in [0.4, 0.5) is 0 Å². The van der Waals surface area contributed by atoms with Crippen molar-refractivity contribution in [3.8, 4) is 0 Å². The Morgan fingerprint density at radius 2 is 2.25 bits per heavy atom. The topological polar surface area (TPSA) is 24.1 Å². The summed E-state index contributed by atoms with van der Waals surface area (Å²) in [6, 6.07) is 0. The van der Waals surface area contributed by atoms with E-state index in [9.17, 15) is 0 Å². The maximum absolute atomic E-state index is 5.41. The van der Waals surface area contributed by atoms with Crippen molar-refractivity contribution in [3.63, 3.8) is 0 Å². The van der Waals surface area contributed by atoms with Gasteiger partial charge in [-0.05, 0) is 6.20 Å². The third-order valence-electron chi connectivity index (χ3n) is 0.421. The highest BCUT2D eigenvalue weighted by atomic mass is 35.5. The lowest BCUT2D eigenvalue weighted by Gasteiger charge is -1.92. The monoisotopic (exact) mass is 152 g/mol. The second-order valence-corrected chi connectivity index (χ2v) is 1.58. The molecule has 0 bridgehead atoms. The lowest BCUT2D eigenvalue weighted by atomic mass is 10.8. The van der Waals surface area contributed by atoms with Crippen LogP contribution in [0.25, 0.3) is 0 Å². The van der Waals surface area contributed by atoms with Gasteiger partial charge in [-0.2, -0.15) is 0 Å². The molecule has 8 heavy (non-hydrogen) atoms. The van der Waals surface area contributed by atoms with Gasteiger partial charge in [0, 0.05) is 18.0 Å². The van der Waals surface area contributed by atoms with Gasteiger partial charge in [-0.25, -0.2) is 0 Å². The first-order valence-corrected chi connectivity index (χ1v) is 2.66. The third kappa shape index (κ3) is 3.84. The maximum atomic E-state index is 5.41. The molecule has 0 aliphatic rings. The minimum absolute atomic E-state index is 0.398. The first-order chi connectivity index (χ1) is 3.81. The van der Waals surface area contributed by atoms with E-state index in [1.807, 2.05) is 0 Å². The lowest BCUT2D eigenvalue weighted by Crippen LogP contribution is -2.00. The van der Waals surface area contributed by atoms with Gasteiger partial charge < -0.3 is 10.2 Å². The Balaban J connectivity index is 3.44. The highest BCUT2D eigenvalue weighted by Crippen LogP contribution is 1.91. The summed E-state index contributed by atoms with van der Waals surface area (Å²) in [5.74, 6) is 0. The fourth-order valence-electron chi connectivity index (χ4n) is 0.187. The SMILES string of the molecule is C=CN/C(Cl)=C\NCl. The van der Waals surface area contributed by atoms with Crippen LogP contribution in [0.1, 0.15) is 0 Å². The van der Waals surface area contributed by atoms with Crippen LogP contribution < -0.4 is 10.2 Å². The summed E-state index contributed by atoms with van der Waals surface area (Å²) in [7, 11) is 0. The molecule has 0 radical (unpaired) electrons. The molecule has 0 amide bonds. The fraction of sp³-hybridized carbons (Fsp3) is 0. The van der Waals surface area contributed by atoms with Crippen LogP contribution in [-0.2, 0) is 0 Å². The molecule has 0 fully saturated rings. The van der Waals surface area contributed by atoms with Gasteiger partial charge in [0.05, 0.1) is 0 Å². The third-order valence-corrected chi connectivity index (χ3v) is 0.749. The van der Waals surface area contributed by atoms with E-state index in [0.717, 1.165) is 0 Å². The molecule has 0 atom stereocenters. The Labute approximate surface area is 58.3 Å². The summed E-state index contributed by atoms with van der Waals surface area (Å²) in [5.41, 5.74) is 0. The fourth-order valence-corrected chi connectivity index (χ4v) is 0.484. The first-order valence-electron chi connectivity index (χ1n) is 1.90. The van der Waals surface area contributed by atoms with E-state index in [-0.39, 0.29) is 0 Å². The quantitative estimate of drug-likeness (QED) is 0.474. The predicted molar refractivity (Wildman–Crippen MR) is 36.3 cm³/mol. The summed E-state index contributed by atoms with van der Waals surface area (Å²) in [6.07, 6.45) is 2.85. The van der Waals surface area contributed by atoms with Crippen molar-refractivity contribution in [1.82, 2.24) is 10.2 Å². The zero-order valence-electron chi connectivity index (χ0n) is 4.12. The summed E-state index contributed by atoms with van der Waals surface area (Å²) in [4.78, 5) is 2.22. The molecule has 0 aromatic carbocycles. The number of rotatable bonds is 3. The van der Waals surface area contributed by atoms with Crippen molar-refractivity contribution in [1.29, 1.82) is 0 Å².